The molecule has 116 valence electrons. The number of hydrogen-bond donors (Lipinski definition) is 1. The van der Waals surface area contributed by atoms with Crippen LogP contribution in [-0.4, -0.2) is 30.5 Å². The van der Waals surface area contributed by atoms with Gasteiger partial charge in [-0.3, -0.25) is 14.2 Å². The number of anilines is 1. The number of amides is 1. The van der Waals surface area contributed by atoms with E-state index in [1.807, 2.05) is 13.8 Å². The molecule has 0 radical (unpaired) electrons. The Balaban J connectivity index is 1.95. The van der Waals surface area contributed by atoms with E-state index in [1.165, 1.54) is 0 Å². The lowest BCUT2D eigenvalue weighted by molar-refractivity contribution is -0.115. The standard InChI is InChI=1S/C14H19N7O/c1-10(2)14-17-12(20(3)19-14)9-13(22)16-11-5-8-21(18-11)7-4-6-15/h5,8,10H,4,7,9H2,1-3H3,(H,16,18,22). The number of hydrogen-bond acceptors (Lipinski definition) is 5. The van der Waals surface area contributed by atoms with E-state index >= 15 is 0 Å². The summed E-state index contributed by atoms with van der Waals surface area (Å²) in [6, 6.07) is 3.75. The lowest BCUT2D eigenvalue weighted by Crippen LogP contribution is -2.17. The average Bonchev–Trinajstić information content (AvgIpc) is 3.04. The molecule has 8 nitrogen and oxygen atoms in total. The Morgan fingerprint density at radius 1 is 1.45 bits per heavy atom. The Kier molecular flexibility index (Phi) is 4.88. The minimum atomic E-state index is -0.198. The zero-order valence-corrected chi connectivity index (χ0v) is 12.9. The predicted molar refractivity (Wildman–Crippen MR) is 79.9 cm³/mol. The first-order valence-corrected chi connectivity index (χ1v) is 7.09. The second-order valence-electron chi connectivity index (χ2n) is 5.26. The molecule has 0 aliphatic heterocycles. The molecule has 0 aliphatic carbocycles. The van der Waals surface area contributed by atoms with Gasteiger partial charge in [0.1, 0.15) is 5.82 Å². The van der Waals surface area contributed by atoms with Crippen LogP contribution in [-0.2, 0) is 24.8 Å². The van der Waals surface area contributed by atoms with Gasteiger partial charge >= 0.3 is 0 Å². The van der Waals surface area contributed by atoms with Crippen LogP contribution in [0.3, 0.4) is 0 Å². The van der Waals surface area contributed by atoms with Crippen LogP contribution < -0.4 is 5.32 Å². The summed E-state index contributed by atoms with van der Waals surface area (Å²) < 4.78 is 3.25. The molecular weight excluding hydrogens is 282 g/mol. The number of nitriles is 1. The van der Waals surface area contributed by atoms with Gasteiger partial charge in [0.25, 0.3) is 0 Å². The third kappa shape index (κ3) is 3.91. The fraction of sp³-hybridized carbons (Fsp3) is 0.500. The van der Waals surface area contributed by atoms with Gasteiger partial charge in [-0.2, -0.15) is 15.5 Å². The Labute approximate surface area is 128 Å². The highest BCUT2D eigenvalue weighted by molar-refractivity contribution is 5.90. The Bertz CT molecular complexity index is 692. The number of nitrogens with one attached hydrogen (secondary N) is 1. The molecule has 8 heteroatoms. The van der Waals surface area contributed by atoms with Crippen molar-refractivity contribution in [3.8, 4) is 6.07 Å². The first-order chi connectivity index (χ1) is 10.5. The summed E-state index contributed by atoms with van der Waals surface area (Å²) in [5.41, 5.74) is 0. The molecule has 2 aromatic heterocycles. The minimum absolute atomic E-state index is 0.140. The Morgan fingerprint density at radius 2 is 2.23 bits per heavy atom. The van der Waals surface area contributed by atoms with Gasteiger partial charge < -0.3 is 5.32 Å². The lowest BCUT2D eigenvalue weighted by Gasteiger charge is -2.01. The van der Waals surface area contributed by atoms with E-state index in [0.717, 1.165) is 5.82 Å². The molecule has 0 aromatic carbocycles. The van der Waals surface area contributed by atoms with Crippen LogP contribution in [0.5, 0.6) is 0 Å². The molecule has 1 N–H and O–H groups in total. The fourth-order valence-corrected chi connectivity index (χ4v) is 1.88. The van der Waals surface area contributed by atoms with Crippen molar-refractivity contribution in [3.63, 3.8) is 0 Å². The summed E-state index contributed by atoms with van der Waals surface area (Å²) in [4.78, 5) is 16.4. The number of carbonyl (C=O) groups excluding carboxylic acids is 1. The van der Waals surface area contributed by atoms with Crippen molar-refractivity contribution < 1.29 is 4.79 Å². The Hall–Kier alpha value is -2.69. The quantitative estimate of drug-likeness (QED) is 0.864. The van der Waals surface area contributed by atoms with Crippen molar-refractivity contribution in [1.29, 1.82) is 5.26 Å². The van der Waals surface area contributed by atoms with Gasteiger partial charge in [-0.05, 0) is 0 Å². The van der Waals surface area contributed by atoms with Crippen LogP contribution in [0.25, 0.3) is 0 Å². The van der Waals surface area contributed by atoms with Gasteiger partial charge in [-0.25, -0.2) is 4.98 Å². The molecule has 0 fully saturated rings. The van der Waals surface area contributed by atoms with Crippen molar-refractivity contribution in [3.05, 3.63) is 23.9 Å². The molecule has 0 atom stereocenters. The average molecular weight is 301 g/mol. The normalized spacial score (nSPS) is 10.7. The lowest BCUT2D eigenvalue weighted by atomic mass is 10.2. The van der Waals surface area contributed by atoms with E-state index in [4.69, 9.17) is 5.26 Å². The van der Waals surface area contributed by atoms with Crippen molar-refractivity contribution in [1.82, 2.24) is 24.5 Å². The fourth-order valence-electron chi connectivity index (χ4n) is 1.88. The summed E-state index contributed by atoms with van der Waals surface area (Å²) in [5, 5.41) is 19.7. The molecule has 2 heterocycles. The van der Waals surface area contributed by atoms with E-state index in [2.05, 4.69) is 26.6 Å². The maximum absolute atomic E-state index is 12.0. The zero-order chi connectivity index (χ0) is 16.1. The second kappa shape index (κ2) is 6.85. The van der Waals surface area contributed by atoms with Gasteiger partial charge in [-0.15, -0.1) is 0 Å². The van der Waals surface area contributed by atoms with Gasteiger partial charge in [-0.1, -0.05) is 13.8 Å². The molecule has 2 aromatic rings. The second-order valence-corrected chi connectivity index (χ2v) is 5.26. The van der Waals surface area contributed by atoms with E-state index < -0.39 is 0 Å². The van der Waals surface area contributed by atoms with Crippen molar-refractivity contribution in [2.24, 2.45) is 7.05 Å². The number of carbonyl (C=O) groups is 1. The van der Waals surface area contributed by atoms with Gasteiger partial charge in [0.2, 0.25) is 5.91 Å². The van der Waals surface area contributed by atoms with Gasteiger partial charge in [0.05, 0.1) is 25.5 Å². The predicted octanol–water partition coefficient (Wildman–Crippen LogP) is 1.23. The number of aryl methyl sites for hydroxylation is 2. The largest absolute Gasteiger partial charge is 0.309 e. The van der Waals surface area contributed by atoms with Crippen LogP contribution in [0.4, 0.5) is 5.82 Å². The summed E-state index contributed by atoms with van der Waals surface area (Å²) >= 11 is 0. The van der Waals surface area contributed by atoms with E-state index in [-0.39, 0.29) is 18.2 Å². The topological polar surface area (TPSA) is 101 Å². The van der Waals surface area contributed by atoms with Crippen LogP contribution in [0, 0.1) is 11.3 Å². The maximum Gasteiger partial charge on any atom is 0.233 e. The van der Waals surface area contributed by atoms with Crippen LogP contribution in [0.2, 0.25) is 0 Å². The molecule has 1 amide bonds. The molecule has 0 bridgehead atoms. The summed E-state index contributed by atoms with van der Waals surface area (Å²) in [6.07, 6.45) is 2.25. The molecule has 0 saturated heterocycles. The first-order valence-electron chi connectivity index (χ1n) is 7.09. The molecule has 22 heavy (non-hydrogen) atoms. The smallest absolute Gasteiger partial charge is 0.233 e. The summed E-state index contributed by atoms with van der Waals surface area (Å²) in [5.74, 6) is 1.83. The van der Waals surface area contributed by atoms with Gasteiger partial charge in [0, 0.05) is 25.2 Å². The monoisotopic (exact) mass is 301 g/mol. The molecule has 0 aliphatic rings. The SMILES string of the molecule is CC(C)c1nc(CC(=O)Nc2ccn(CCC#N)n2)n(C)n1. The summed E-state index contributed by atoms with van der Waals surface area (Å²) in [6.45, 7) is 4.52. The number of rotatable bonds is 6. The third-order valence-corrected chi connectivity index (χ3v) is 3.07. The van der Waals surface area contributed by atoms with Crippen LogP contribution in [0.15, 0.2) is 12.3 Å². The zero-order valence-electron chi connectivity index (χ0n) is 12.9. The first kappa shape index (κ1) is 15.7. The van der Waals surface area contributed by atoms with E-state index in [0.29, 0.717) is 24.6 Å². The van der Waals surface area contributed by atoms with Crippen LogP contribution >= 0.6 is 0 Å². The highest BCUT2D eigenvalue weighted by atomic mass is 16.1. The number of nitrogens with zero attached hydrogens (tertiary/aromatic N) is 6. The third-order valence-electron chi connectivity index (χ3n) is 3.07. The van der Waals surface area contributed by atoms with E-state index in [9.17, 15) is 4.79 Å². The molecular formula is C14H19N7O. The Morgan fingerprint density at radius 3 is 2.86 bits per heavy atom. The molecule has 0 unspecified atom stereocenters. The van der Waals surface area contributed by atoms with Gasteiger partial charge in [0.15, 0.2) is 11.6 Å². The summed E-state index contributed by atoms with van der Waals surface area (Å²) in [7, 11) is 1.78. The van der Waals surface area contributed by atoms with Crippen molar-refractivity contribution in [2.45, 2.75) is 39.2 Å². The highest BCUT2D eigenvalue weighted by Gasteiger charge is 2.14. The molecule has 2 rings (SSSR count). The minimum Gasteiger partial charge on any atom is -0.309 e. The number of aromatic nitrogens is 5. The van der Waals surface area contributed by atoms with Crippen LogP contribution in [0.1, 0.15) is 37.8 Å². The molecule has 0 saturated carbocycles. The van der Waals surface area contributed by atoms with Crippen molar-refractivity contribution in [2.75, 3.05) is 5.32 Å². The van der Waals surface area contributed by atoms with Crippen molar-refractivity contribution >= 4 is 11.7 Å². The molecule has 0 spiro atoms. The highest BCUT2D eigenvalue weighted by Crippen LogP contribution is 2.10. The maximum atomic E-state index is 12.0. The van der Waals surface area contributed by atoms with E-state index in [1.54, 1.807) is 28.7 Å².